The number of primary amides is 1. The number of thiophene rings is 1. The molecule has 3 N–H and O–H groups in total. The van der Waals surface area contributed by atoms with Crippen LogP contribution in [-0.4, -0.2) is 55.0 Å². The summed E-state index contributed by atoms with van der Waals surface area (Å²) < 4.78 is 5.16. The molecular weight excluding hydrogens is 438 g/mol. The van der Waals surface area contributed by atoms with E-state index < -0.39 is 24.4 Å². The van der Waals surface area contributed by atoms with E-state index in [9.17, 15) is 19.2 Å². The molecule has 0 fully saturated rings. The predicted octanol–water partition coefficient (Wildman–Crippen LogP) is 2.31. The van der Waals surface area contributed by atoms with Gasteiger partial charge in [0, 0.05) is 23.9 Å². The molecule has 1 aromatic heterocycles. The summed E-state index contributed by atoms with van der Waals surface area (Å²) in [5.41, 5.74) is 7.03. The minimum atomic E-state index is -0.667. The number of nitrogens with two attached hydrogens (primary N) is 1. The molecule has 31 heavy (non-hydrogen) atoms. The Labute approximate surface area is 188 Å². The van der Waals surface area contributed by atoms with E-state index in [1.165, 1.54) is 28.0 Å². The highest BCUT2D eigenvalue weighted by atomic mass is 32.2. The average molecular weight is 462 g/mol. The van der Waals surface area contributed by atoms with Crippen molar-refractivity contribution in [3.05, 3.63) is 45.8 Å². The third-order valence-corrected chi connectivity index (χ3v) is 6.98. The Morgan fingerprint density at radius 3 is 2.65 bits per heavy atom. The number of hydrogen-bond acceptors (Lipinski definition) is 7. The summed E-state index contributed by atoms with van der Waals surface area (Å²) in [4.78, 5) is 51.6. The lowest BCUT2D eigenvalue weighted by Gasteiger charge is -2.12. The van der Waals surface area contributed by atoms with E-state index in [0.29, 0.717) is 15.5 Å². The van der Waals surface area contributed by atoms with Gasteiger partial charge in [0.1, 0.15) is 5.00 Å². The number of thioether (sulfide) groups is 1. The summed E-state index contributed by atoms with van der Waals surface area (Å²) >= 11 is 2.56. The molecule has 0 spiro atoms. The lowest BCUT2D eigenvalue weighted by atomic mass is 10.1. The fraction of sp³-hybridized carbons (Fsp3) is 0.333. The number of fused-ring (bicyclic) bond motifs is 1. The zero-order valence-corrected chi connectivity index (χ0v) is 18.9. The molecule has 10 heteroatoms. The first-order valence-electron chi connectivity index (χ1n) is 9.61. The van der Waals surface area contributed by atoms with Gasteiger partial charge in [-0.2, -0.15) is 0 Å². The van der Waals surface area contributed by atoms with Crippen molar-refractivity contribution < 1.29 is 23.9 Å². The molecule has 2 aromatic rings. The summed E-state index contributed by atoms with van der Waals surface area (Å²) in [7, 11) is 3.32. The zero-order valence-electron chi connectivity index (χ0n) is 17.2. The number of benzene rings is 1. The molecule has 0 unspecified atom stereocenters. The first kappa shape index (κ1) is 22.8. The fourth-order valence-electron chi connectivity index (χ4n) is 3.15. The maximum absolute atomic E-state index is 12.5. The number of nitrogens with zero attached hydrogens (tertiary/aromatic N) is 1. The van der Waals surface area contributed by atoms with Crippen LogP contribution in [-0.2, 0) is 27.2 Å². The van der Waals surface area contributed by atoms with Crippen LogP contribution < -0.4 is 11.1 Å². The van der Waals surface area contributed by atoms with Gasteiger partial charge in [0.15, 0.2) is 6.61 Å². The molecule has 0 saturated heterocycles. The van der Waals surface area contributed by atoms with Crippen molar-refractivity contribution in [1.29, 1.82) is 0 Å². The number of carbonyl (C=O) groups excluding carboxylic acids is 4. The molecular formula is C21H23N3O5S2. The molecule has 164 valence electrons. The van der Waals surface area contributed by atoms with E-state index in [0.717, 1.165) is 29.7 Å². The minimum Gasteiger partial charge on any atom is -0.452 e. The SMILES string of the molecule is CN(C)C(=O)CSc1ccccc1C(=O)OCC(=O)Nc1sc2c(c1C(N)=O)CCC2. The third-order valence-electron chi connectivity index (χ3n) is 4.71. The Bertz CT molecular complexity index is 1030. The molecule has 1 aromatic carbocycles. The summed E-state index contributed by atoms with van der Waals surface area (Å²) in [5.74, 6) is -1.70. The molecule has 0 saturated carbocycles. The van der Waals surface area contributed by atoms with E-state index in [1.807, 2.05) is 0 Å². The minimum absolute atomic E-state index is 0.0827. The normalized spacial score (nSPS) is 12.2. The van der Waals surface area contributed by atoms with Gasteiger partial charge >= 0.3 is 5.97 Å². The maximum atomic E-state index is 12.5. The molecule has 3 rings (SSSR count). The zero-order chi connectivity index (χ0) is 22.5. The van der Waals surface area contributed by atoms with Gasteiger partial charge in [-0.1, -0.05) is 12.1 Å². The smallest absolute Gasteiger partial charge is 0.339 e. The van der Waals surface area contributed by atoms with Crippen LogP contribution in [0.4, 0.5) is 5.00 Å². The average Bonchev–Trinajstić information content (AvgIpc) is 3.30. The van der Waals surface area contributed by atoms with Crippen molar-refractivity contribution in [3.8, 4) is 0 Å². The second kappa shape index (κ2) is 9.97. The van der Waals surface area contributed by atoms with Crippen molar-refractivity contribution in [2.75, 3.05) is 31.8 Å². The molecule has 0 radical (unpaired) electrons. The van der Waals surface area contributed by atoms with E-state index in [2.05, 4.69) is 5.32 Å². The van der Waals surface area contributed by atoms with Crippen LogP contribution in [0, 0.1) is 0 Å². The fourth-order valence-corrected chi connectivity index (χ4v) is 5.48. The number of carbonyl (C=O) groups is 4. The van der Waals surface area contributed by atoms with Crippen LogP contribution in [0.5, 0.6) is 0 Å². The van der Waals surface area contributed by atoms with Crippen LogP contribution >= 0.6 is 23.1 Å². The van der Waals surface area contributed by atoms with Crippen molar-refractivity contribution in [2.45, 2.75) is 24.2 Å². The van der Waals surface area contributed by atoms with Crippen molar-refractivity contribution in [2.24, 2.45) is 5.73 Å². The van der Waals surface area contributed by atoms with Gasteiger partial charge in [0.25, 0.3) is 11.8 Å². The number of nitrogens with one attached hydrogen (secondary N) is 1. The van der Waals surface area contributed by atoms with Crippen LogP contribution in [0.15, 0.2) is 29.2 Å². The number of esters is 1. The van der Waals surface area contributed by atoms with Crippen LogP contribution in [0.25, 0.3) is 0 Å². The number of ether oxygens (including phenoxy) is 1. The van der Waals surface area contributed by atoms with Gasteiger partial charge in [0.2, 0.25) is 5.91 Å². The molecule has 3 amide bonds. The molecule has 0 bridgehead atoms. The van der Waals surface area contributed by atoms with E-state index in [4.69, 9.17) is 10.5 Å². The first-order valence-corrected chi connectivity index (χ1v) is 11.4. The van der Waals surface area contributed by atoms with E-state index >= 15 is 0 Å². The monoisotopic (exact) mass is 461 g/mol. The molecule has 8 nitrogen and oxygen atoms in total. The van der Waals surface area contributed by atoms with Gasteiger partial charge < -0.3 is 20.7 Å². The highest BCUT2D eigenvalue weighted by molar-refractivity contribution is 8.00. The number of amides is 3. The lowest BCUT2D eigenvalue weighted by molar-refractivity contribution is -0.125. The van der Waals surface area contributed by atoms with Crippen molar-refractivity contribution >= 4 is 51.8 Å². The third kappa shape index (κ3) is 5.45. The van der Waals surface area contributed by atoms with Gasteiger partial charge in [-0.05, 0) is 37.0 Å². The molecule has 1 heterocycles. The summed E-state index contributed by atoms with van der Waals surface area (Å²) in [6.07, 6.45) is 2.58. The largest absolute Gasteiger partial charge is 0.452 e. The van der Waals surface area contributed by atoms with Gasteiger partial charge in [-0.15, -0.1) is 23.1 Å². The quantitative estimate of drug-likeness (QED) is 0.460. The van der Waals surface area contributed by atoms with Crippen molar-refractivity contribution in [1.82, 2.24) is 4.90 Å². The standard InChI is InChI=1S/C21H23N3O5S2/c1-24(2)17(26)11-30-14-8-4-3-6-13(14)21(28)29-10-16(25)23-20-18(19(22)27)12-7-5-9-15(12)31-20/h3-4,6,8H,5,7,9-11H2,1-2H3,(H2,22,27)(H,23,25). The van der Waals surface area contributed by atoms with Gasteiger partial charge in [0.05, 0.1) is 16.9 Å². The highest BCUT2D eigenvalue weighted by Crippen LogP contribution is 2.38. The second-order valence-electron chi connectivity index (χ2n) is 7.12. The number of rotatable bonds is 8. The maximum Gasteiger partial charge on any atom is 0.339 e. The van der Waals surface area contributed by atoms with Gasteiger partial charge in [-0.25, -0.2) is 4.79 Å². The molecule has 1 aliphatic carbocycles. The lowest BCUT2D eigenvalue weighted by Crippen LogP contribution is -2.24. The Hall–Kier alpha value is -2.85. The first-order chi connectivity index (χ1) is 14.8. The molecule has 0 atom stereocenters. The summed E-state index contributed by atoms with van der Waals surface area (Å²) in [6, 6.07) is 6.74. The van der Waals surface area contributed by atoms with Crippen LogP contribution in [0.1, 0.15) is 37.6 Å². The van der Waals surface area contributed by atoms with Gasteiger partial charge in [-0.3, -0.25) is 14.4 Å². The summed E-state index contributed by atoms with van der Waals surface area (Å²) in [6.45, 7) is -0.505. The van der Waals surface area contributed by atoms with E-state index in [-0.39, 0.29) is 17.2 Å². The number of aryl methyl sites for hydroxylation is 1. The van der Waals surface area contributed by atoms with Crippen molar-refractivity contribution in [3.63, 3.8) is 0 Å². The van der Waals surface area contributed by atoms with Crippen LogP contribution in [0.3, 0.4) is 0 Å². The Balaban J connectivity index is 1.61. The van der Waals surface area contributed by atoms with E-state index in [1.54, 1.807) is 38.4 Å². The van der Waals surface area contributed by atoms with Crippen LogP contribution in [0.2, 0.25) is 0 Å². The molecule has 1 aliphatic rings. The number of hydrogen-bond donors (Lipinski definition) is 2. The topological polar surface area (TPSA) is 119 Å². The Kier molecular flexibility index (Phi) is 7.34. The second-order valence-corrected chi connectivity index (χ2v) is 9.25. The predicted molar refractivity (Wildman–Crippen MR) is 120 cm³/mol. The highest BCUT2D eigenvalue weighted by Gasteiger charge is 2.26. The summed E-state index contributed by atoms with van der Waals surface area (Å²) in [5, 5.41) is 3.04. The molecule has 0 aliphatic heterocycles. The number of anilines is 1. The Morgan fingerprint density at radius 1 is 1.19 bits per heavy atom. The Morgan fingerprint density at radius 2 is 1.94 bits per heavy atom.